The van der Waals surface area contributed by atoms with Gasteiger partial charge in [-0.1, -0.05) is 15.9 Å². The Kier molecular flexibility index (Phi) is 4.00. The zero-order valence-electron chi connectivity index (χ0n) is 8.86. The maximum absolute atomic E-state index is 11.4. The molecule has 0 spiro atoms. The number of carbonyl (C=O) groups excluding carboxylic acids is 1. The molecular weight excluding hydrogens is 276 g/mol. The highest BCUT2D eigenvalue weighted by atomic mass is 79.9. The quantitative estimate of drug-likeness (QED) is 0.527. The minimum atomic E-state index is -0.467. The number of hydrogen-bond donors (Lipinski definition) is 1. The van der Waals surface area contributed by atoms with Crippen molar-refractivity contribution in [3.8, 4) is 0 Å². The highest BCUT2D eigenvalue weighted by molar-refractivity contribution is 9.10. The highest BCUT2D eigenvalue weighted by Gasteiger charge is 2.12. The van der Waals surface area contributed by atoms with Crippen molar-refractivity contribution < 1.29 is 9.72 Å². The van der Waals surface area contributed by atoms with Gasteiger partial charge in [-0.15, -0.1) is 0 Å². The first-order valence-corrected chi connectivity index (χ1v) is 5.53. The number of benzene rings is 1. The molecule has 1 rings (SSSR count). The summed E-state index contributed by atoms with van der Waals surface area (Å²) in [6.07, 6.45) is 0. The fourth-order valence-corrected chi connectivity index (χ4v) is 1.25. The van der Waals surface area contributed by atoms with Gasteiger partial charge in [0, 0.05) is 17.8 Å². The van der Waals surface area contributed by atoms with Crippen molar-refractivity contribution in [3.05, 3.63) is 33.9 Å². The first-order chi connectivity index (χ1) is 7.41. The summed E-state index contributed by atoms with van der Waals surface area (Å²) in [5.41, 5.74) is 1.26. The number of nitro benzene ring substituents is 1. The molecule has 0 saturated carbocycles. The van der Waals surface area contributed by atoms with Crippen molar-refractivity contribution in [2.75, 3.05) is 5.32 Å². The van der Waals surface area contributed by atoms with Crippen LogP contribution in [0.3, 0.4) is 0 Å². The highest BCUT2D eigenvalue weighted by Crippen LogP contribution is 2.21. The van der Waals surface area contributed by atoms with Gasteiger partial charge in [0.25, 0.3) is 5.69 Å². The van der Waals surface area contributed by atoms with Crippen LogP contribution in [0.2, 0.25) is 0 Å². The standard InChI is InChI=1S/C10H11BrN2O3/c1-6-5-8(13(15)16)3-4-9(6)12-10(14)7(2)11/h3-5,7H,1-2H3,(H,12,14)/t7-/m0/s1. The topological polar surface area (TPSA) is 72.2 Å². The summed E-state index contributed by atoms with van der Waals surface area (Å²) in [5, 5.41) is 13.2. The van der Waals surface area contributed by atoms with Crippen LogP contribution in [-0.4, -0.2) is 15.7 Å². The number of anilines is 1. The maximum Gasteiger partial charge on any atom is 0.269 e. The van der Waals surface area contributed by atoms with Gasteiger partial charge in [0.05, 0.1) is 9.75 Å². The lowest BCUT2D eigenvalue weighted by Crippen LogP contribution is -2.20. The number of halogens is 1. The Hall–Kier alpha value is -1.43. The number of nitrogens with one attached hydrogen (secondary N) is 1. The van der Waals surface area contributed by atoms with E-state index < -0.39 is 4.92 Å². The Morgan fingerprint density at radius 2 is 2.19 bits per heavy atom. The van der Waals surface area contributed by atoms with Gasteiger partial charge >= 0.3 is 0 Å². The zero-order valence-corrected chi connectivity index (χ0v) is 10.4. The smallest absolute Gasteiger partial charge is 0.269 e. The molecule has 0 saturated heterocycles. The Bertz CT molecular complexity index is 432. The third-order valence-corrected chi connectivity index (χ3v) is 2.46. The number of nitrogens with zero attached hydrogens (tertiary/aromatic N) is 1. The van der Waals surface area contributed by atoms with Gasteiger partial charge in [0.15, 0.2) is 0 Å². The van der Waals surface area contributed by atoms with Crippen molar-refractivity contribution in [2.24, 2.45) is 0 Å². The lowest BCUT2D eigenvalue weighted by molar-refractivity contribution is -0.384. The number of amides is 1. The Balaban J connectivity index is 2.91. The third-order valence-electron chi connectivity index (χ3n) is 2.04. The minimum Gasteiger partial charge on any atom is -0.325 e. The van der Waals surface area contributed by atoms with Crippen LogP contribution in [0.15, 0.2) is 18.2 Å². The molecular formula is C10H11BrN2O3. The van der Waals surface area contributed by atoms with Gasteiger partial charge in [-0.05, 0) is 25.5 Å². The number of aryl methyl sites for hydroxylation is 1. The second kappa shape index (κ2) is 5.07. The lowest BCUT2D eigenvalue weighted by atomic mass is 10.2. The molecule has 0 aliphatic heterocycles. The molecule has 0 aliphatic rings. The second-order valence-corrected chi connectivity index (χ2v) is 4.74. The summed E-state index contributed by atoms with van der Waals surface area (Å²) in [6.45, 7) is 3.41. The molecule has 1 aromatic carbocycles. The van der Waals surface area contributed by atoms with Gasteiger partial charge < -0.3 is 5.32 Å². The Morgan fingerprint density at radius 3 is 2.62 bits per heavy atom. The summed E-state index contributed by atoms with van der Waals surface area (Å²) < 4.78 is 0. The molecule has 1 atom stereocenters. The number of non-ortho nitro benzene ring substituents is 1. The van der Waals surface area contributed by atoms with Crippen LogP contribution in [0.25, 0.3) is 0 Å². The largest absolute Gasteiger partial charge is 0.325 e. The van der Waals surface area contributed by atoms with Crippen molar-refractivity contribution >= 4 is 33.2 Å². The van der Waals surface area contributed by atoms with Crippen LogP contribution in [0.1, 0.15) is 12.5 Å². The van der Waals surface area contributed by atoms with Crippen LogP contribution < -0.4 is 5.32 Å². The van der Waals surface area contributed by atoms with Crippen molar-refractivity contribution in [2.45, 2.75) is 18.7 Å². The second-order valence-electron chi connectivity index (χ2n) is 3.36. The third kappa shape index (κ3) is 3.03. The van der Waals surface area contributed by atoms with Crippen LogP contribution in [0, 0.1) is 17.0 Å². The van der Waals surface area contributed by atoms with E-state index in [1.165, 1.54) is 18.2 Å². The van der Waals surface area contributed by atoms with E-state index in [9.17, 15) is 14.9 Å². The molecule has 86 valence electrons. The number of carbonyl (C=O) groups is 1. The van der Waals surface area contributed by atoms with Crippen LogP contribution in [0.4, 0.5) is 11.4 Å². The molecule has 1 amide bonds. The average molecular weight is 287 g/mol. The molecule has 0 aliphatic carbocycles. The summed E-state index contributed by atoms with van der Waals surface area (Å²) >= 11 is 3.14. The number of alkyl halides is 1. The number of nitro groups is 1. The predicted molar refractivity (Wildman–Crippen MR) is 64.9 cm³/mol. The molecule has 0 bridgehead atoms. The molecule has 6 heteroatoms. The van der Waals surface area contributed by atoms with E-state index >= 15 is 0 Å². The summed E-state index contributed by atoms with van der Waals surface area (Å²) in [6, 6.07) is 4.32. The van der Waals surface area contributed by atoms with E-state index in [1.807, 2.05) is 0 Å². The monoisotopic (exact) mass is 286 g/mol. The summed E-state index contributed by atoms with van der Waals surface area (Å²) in [4.78, 5) is 21.1. The Labute approximate surface area is 101 Å². The molecule has 1 N–H and O–H groups in total. The number of hydrogen-bond acceptors (Lipinski definition) is 3. The van der Waals surface area contributed by atoms with E-state index in [0.717, 1.165) is 0 Å². The van der Waals surface area contributed by atoms with E-state index in [2.05, 4.69) is 21.2 Å². The Morgan fingerprint density at radius 1 is 1.56 bits per heavy atom. The van der Waals surface area contributed by atoms with Gasteiger partial charge in [0.2, 0.25) is 5.91 Å². The molecule has 1 aromatic rings. The van der Waals surface area contributed by atoms with E-state index in [4.69, 9.17) is 0 Å². The first-order valence-electron chi connectivity index (χ1n) is 4.62. The number of rotatable bonds is 3. The molecule has 16 heavy (non-hydrogen) atoms. The minimum absolute atomic E-state index is 0.0161. The maximum atomic E-state index is 11.4. The normalized spacial score (nSPS) is 11.9. The van der Waals surface area contributed by atoms with Gasteiger partial charge in [-0.25, -0.2) is 0 Å². The van der Waals surface area contributed by atoms with Gasteiger partial charge in [0.1, 0.15) is 0 Å². The van der Waals surface area contributed by atoms with Crippen LogP contribution in [-0.2, 0) is 4.79 Å². The summed E-state index contributed by atoms with van der Waals surface area (Å²) in [7, 11) is 0. The van der Waals surface area contributed by atoms with Gasteiger partial charge in [-0.3, -0.25) is 14.9 Å². The fourth-order valence-electron chi connectivity index (χ4n) is 1.13. The fraction of sp³-hybridized carbons (Fsp3) is 0.300. The van der Waals surface area contributed by atoms with Crippen LogP contribution >= 0.6 is 15.9 Å². The molecule has 0 radical (unpaired) electrons. The van der Waals surface area contributed by atoms with Crippen molar-refractivity contribution in [1.82, 2.24) is 0 Å². The van der Waals surface area contributed by atoms with Crippen LogP contribution in [0.5, 0.6) is 0 Å². The first kappa shape index (κ1) is 12.6. The average Bonchev–Trinajstić information content (AvgIpc) is 2.20. The van der Waals surface area contributed by atoms with E-state index in [0.29, 0.717) is 11.3 Å². The van der Waals surface area contributed by atoms with Gasteiger partial charge in [-0.2, -0.15) is 0 Å². The molecule has 0 fully saturated rings. The van der Waals surface area contributed by atoms with Crippen molar-refractivity contribution in [1.29, 1.82) is 0 Å². The molecule has 0 unspecified atom stereocenters. The molecule has 5 nitrogen and oxygen atoms in total. The lowest BCUT2D eigenvalue weighted by Gasteiger charge is -2.09. The zero-order chi connectivity index (χ0) is 12.3. The molecule has 0 aromatic heterocycles. The van der Waals surface area contributed by atoms with Crippen molar-refractivity contribution in [3.63, 3.8) is 0 Å². The summed E-state index contributed by atoms with van der Waals surface area (Å²) in [5.74, 6) is -0.183. The van der Waals surface area contributed by atoms with E-state index in [1.54, 1.807) is 13.8 Å². The molecule has 0 heterocycles. The SMILES string of the molecule is Cc1cc([N+](=O)[O-])ccc1NC(=O)[C@H](C)Br. The van der Waals surface area contributed by atoms with E-state index in [-0.39, 0.29) is 16.4 Å². The predicted octanol–water partition coefficient (Wildman–Crippen LogP) is 2.63.